The molecule has 1 aliphatic rings. The summed E-state index contributed by atoms with van der Waals surface area (Å²) in [5.41, 5.74) is 7.37. The van der Waals surface area contributed by atoms with Crippen LogP contribution in [-0.2, 0) is 4.74 Å². The average Bonchev–Trinajstić information content (AvgIpc) is 2.38. The Kier molecular flexibility index (Phi) is 4.68. The Bertz CT molecular complexity index is 429. The van der Waals surface area contributed by atoms with Gasteiger partial charge < -0.3 is 15.2 Å². The Morgan fingerprint density at radius 1 is 1.30 bits per heavy atom. The minimum Gasteiger partial charge on any atom is -0.497 e. The lowest BCUT2D eigenvalue weighted by atomic mass is 9.96. The Morgan fingerprint density at radius 2 is 1.95 bits per heavy atom. The van der Waals surface area contributed by atoms with Gasteiger partial charge in [-0.2, -0.15) is 0 Å². The molecule has 1 saturated heterocycles. The number of hydrogen-bond acceptors (Lipinski definition) is 4. The summed E-state index contributed by atoms with van der Waals surface area (Å²) < 4.78 is 11.0. The molecule has 0 spiro atoms. The number of nitrogens with two attached hydrogens (primary N) is 1. The van der Waals surface area contributed by atoms with Crippen molar-refractivity contribution in [2.45, 2.75) is 38.5 Å². The van der Waals surface area contributed by atoms with Crippen LogP contribution in [0.25, 0.3) is 0 Å². The van der Waals surface area contributed by atoms with Crippen molar-refractivity contribution < 1.29 is 9.47 Å². The van der Waals surface area contributed by atoms with E-state index in [4.69, 9.17) is 15.2 Å². The van der Waals surface area contributed by atoms with Gasteiger partial charge in [-0.3, -0.25) is 4.90 Å². The highest BCUT2D eigenvalue weighted by molar-refractivity contribution is 5.30. The van der Waals surface area contributed by atoms with Crippen molar-refractivity contribution in [1.29, 1.82) is 0 Å². The van der Waals surface area contributed by atoms with Gasteiger partial charge in [0.2, 0.25) is 0 Å². The molecular formula is C16H26N2O2. The van der Waals surface area contributed by atoms with Gasteiger partial charge in [0, 0.05) is 25.2 Å². The summed E-state index contributed by atoms with van der Waals surface area (Å²) in [6.07, 6.45) is 0. The molecule has 20 heavy (non-hydrogen) atoms. The molecule has 4 nitrogen and oxygen atoms in total. The van der Waals surface area contributed by atoms with Crippen molar-refractivity contribution in [2.75, 3.05) is 26.8 Å². The van der Waals surface area contributed by atoms with Crippen molar-refractivity contribution >= 4 is 0 Å². The van der Waals surface area contributed by atoms with Gasteiger partial charge >= 0.3 is 0 Å². The molecule has 2 rings (SSSR count). The average molecular weight is 278 g/mol. The van der Waals surface area contributed by atoms with Crippen LogP contribution in [0, 0.1) is 0 Å². The molecule has 1 fully saturated rings. The lowest BCUT2D eigenvalue weighted by molar-refractivity contribution is -0.0995. The van der Waals surface area contributed by atoms with E-state index in [1.807, 2.05) is 12.1 Å². The van der Waals surface area contributed by atoms with E-state index >= 15 is 0 Å². The van der Waals surface area contributed by atoms with Crippen LogP contribution in [0.5, 0.6) is 5.75 Å². The predicted molar refractivity (Wildman–Crippen MR) is 81.0 cm³/mol. The lowest BCUT2D eigenvalue weighted by Crippen LogP contribution is -2.52. The second-order valence-electron chi connectivity index (χ2n) is 6.16. The number of benzene rings is 1. The number of rotatable bonds is 4. The number of nitrogens with zero attached hydrogens (tertiary/aromatic N) is 1. The molecule has 0 saturated carbocycles. The van der Waals surface area contributed by atoms with Crippen LogP contribution in [0.2, 0.25) is 0 Å². The van der Waals surface area contributed by atoms with Crippen LogP contribution in [-0.4, -0.2) is 43.3 Å². The van der Waals surface area contributed by atoms with E-state index in [-0.39, 0.29) is 17.7 Å². The summed E-state index contributed by atoms with van der Waals surface area (Å²) in [6, 6.07) is 8.48. The van der Waals surface area contributed by atoms with Crippen molar-refractivity contribution in [1.82, 2.24) is 4.90 Å². The van der Waals surface area contributed by atoms with Crippen LogP contribution < -0.4 is 10.5 Å². The van der Waals surface area contributed by atoms with Gasteiger partial charge in [-0.15, -0.1) is 0 Å². The van der Waals surface area contributed by atoms with Crippen LogP contribution >= 0.6 is 0 Å². The Hall–Kier alpha value is -1.10. The first-order valence-corrected chi connectivity index (χ1v) is 7.20. The predicted octanol–water partition coefficient (Wildman–Crippen LogP) is 2.19. The fraction of sp³-hybridized carbons (Fsp3) is 0.625. The summed E-state index contributed by atoms with van der Waals surface area (Å²) in [5, 5.41) is 0. The summed E-state index contributed by atoms with van der Waals surface area (Å²) in [5.74, 6) is 0.875. The standard InChI is InChI=1S/C16H26N2O2/c1-12(17)15(13-5-7-14(19-4)8-6-13)18-9-10-20-16(2,3)11-18/h5-8,12,15H,9-11,17H2,1-4H3. The number of morpholine rings is 1. The Balaban J connectivity index is 2.21. The van der Waals surface area contributed by atoms with E-state index in [2.05, 4.69) is 37.8 Å². The maximum Gasteiger partial charge on any atom is 0.118 e. The fourth-order valence-electron chi connectivity index (χ4n) is 2.94. The molecular weight excluding hydrogens is 252 g/mol. The topological polar surface area (TPSA) is 47.7 Å². The largest absolute Gasteiger partial charge is 0.497 e. The number of methoxy groups -OCH3 is 1. The smallest absolute Gasteiger partial charge is 0.118 e. The molecule has 0 amide bonds. The third-order valence-electron chi connectivity index (χ3n) is 3.80. The molecule has 1 aliphatic heterocycles. The van der Waals surface area contributed by atoms with Gasteiger partial charge in [-0.1, -0.05) is 12.1 Å². The van der Waals surface area contributed by atoms with E-state index < -0.39 is 0 Å². The normalized spacial score (nSPS) is 22.2. The van der Waals surface area contributed by atoms with E-state index in [0.29, 0.717) is 0 Å². The van der Waals surface area contributed by atoms with Crippen LogP contribution in [0.1, 0.15) is 32.4 Å². The van der Waals surface area contributed by atoms with E-state index in [0.717, 1.165) is 25.4 Å². The van der Waals surface area contributed by atoms with Gasteiger partial charge in [-0.05, 0) is 38.5 Å². The molecule has 1 heterocycles. The van der Waals surface area contributed by atoms with Gasteiger partial charge in [0.1, 0.15) is 5.75 Å². The third-order valence-corrected chi connectivity index (χ3v) is 3.80. The van der Waals surface area contributed by atoms with Crippen molar-refractivity contribution in [3.8, 4) is 5.75 Å². The SMILES string of the molecule is COc1ccc(C(C(C)N)N2CCOC(C)(C)C2)cc1. The molecule has 2 unspecified atom stereocenters. The van der Waals surface area contributed by atoms with Gasteiger partial charge in [0.15, 0.2) is 0 Å². The highest BCUT2D eigenvalue weighted by Crippen LogP contribution is 2.29. The first-order valence-electron chi connectivity index (χ1n) is 7.20. The zero-order valence-electron chi connectivity index (χ0n) is 12.9. The lowest BCUT2D eigenvalue weighted by Gasteiger charge is -2.43. The molecule has 0 radical (unpaired) electrons. The first-order chi connectivity index (χ1) is 9.43. The summed E-state index contributed by atoms with van der Waals surface area (Å²) >= 11 is 0. The molecule has 0 aliphatic carbocycles. The Morgan fingerprint density at radius 3 is 2.45 bits per heavy atom. The van der Waals surface area contributed by atoms with Crippen LogP contribution in [0.15, 0.2) is 24.3 Å². The molecule has 1 aromatic rings. The second kappa shape index (κ2) is 6.12. The van der Waals surface area contributed by atoms with Crippen molar-refractivity contribution in [2.24, 2.45) is 5.73 Å². The first kappa shape index (κ1) is 15.3. The minimum atomic E-state index is -0.113. The summed E-state index contributed by atoms with van der Waals surface area (Å²) in [4.78, 5) is 2.43. The highest BCUT2D eigenvalue weighted by atomic mass is 16.5. The zero-order valence-corrected chi connectivity index (χ0v) is 12.9. The van der Waals surface area contributed by atoms with Gasteiger partial charge in [-0.25, -0.2) is 0 Å². The zero-order chi connectivity index (χ0) is 14.8. The maximum atomic E-state index is 6.24. The molecule has 0 aromatic heterocycles. The van der Waals surface area contributed by atoms with E-state index in [1.54, 1.807) is 7.11 Å². The molecule has 0 bridgehead atoms. The third kappa shape index (κ3) is 3.51. The van der Waals surface area contributed by atoms with Crippen molar-refractivity contribution in [3.63, 3.8) is 0 Å². The summed E-state index contributed by atoms with van der Waals surface area (Å²) in [7, 11) is 1.68. The van der Waals surface area contributed by atoms with Gasteiger partial charge in [0.05, 0.1) is 19.3 Å². The number of ether oxygens (including phenoxy) is 2. The molecule has 2 atom stereocenters. The molecule has 1 aromatic carbocycles. The van der Waals surface area contributed by atoms with Crippen LogP contribution in [0.4, 0.5) is 0 Å². The molecule has 4 heteroatoms. The Labute approximate surface area is 121 Å². The minimum absolute atomic E-state index is 0.0669. The van der Waals surface area contributed by atoms with E-state index in [9.17, 15) is 0 Å². The van der Waals surface area contributed by atoms with Crippen LogP contribution in [0.3, 0.4) is 0 Å². The van der Waals surface area contributed by atoms with Gasteiger partial charge in [0.25, 0.3) is 0 Å². The summed E-state index contributed by atoms with van der Waals surface area (Å²) in [6.45, 7) is 8.90. The highest BCUT2D eigenvalue weighted by Gasteiger charge is 2.33. The maximum absolute atomic E-state index is 6.24. The fourth-order valence-corrected chi connectivity index (χ4v) is 2.94. The number of hydrogen-bond donors (Lipinski definition) is 1. The van der Waals surface area contributed by atoms with Crippen molar-refractivity contribution in [3.05, 3.63) is 29.8 Å². The molecule has 112 valence electrons. The quantitative estimate of drug-likeness (QED) is 0.917. The second-order valence-corrected chi connectivity index (χ2v) is 6.16. The van der Waals surface area contributed by atoms with E-state index in [1.165, 1.54) is 5.56 Å². The monoisotopic (exact) mass is 278 g/mol. The molecule has 2 N–H and O–H groups in total.